The van der Waals surface area contributed by atoms with Gasteiger partial charge in [0.2, 0.25) is 6.61 Å². The van der Waals surface area contributed by atoms with Crippen LogP contribution in [0.25, 0.3) is 0 Å². The van der Waals surface area contributed by atoms with E-state index in [0.29, 0.717) is 88.0 Å². The van der Waals surface area contributed by atoms with Crippen molar-refractivity contribution in [3.05, 3.63) is 0 Å². The number of carbonyl (C=O) groups excluding carboxylic acids is 3. The summed E-state index contributed by atoms with van der Waals surface area (Å²) in [6.07, 6.45) is 13.1. The summed E-state index contributed by atoms with van der Waals surface area (Å²) >= 11 is 4.74. The fourth-order valence-corrected chi connectivity index (χ4v) is 14.0. The summed E-state index contributed by atoms with van der Waals surface area (Å²) in [5, 5.41) is 34.5. The zero-order valence-corrected chi connectivity index (χ0v) is 37.0. The van der Waals surface area contributed by atoms with Crippen LogP contribution in [0.15, 0.2) is 5.16 Å². The molecule has 53 heavy (non-hydrogen) atoms. The van der Waals surface area contributed by atoms with Gasteiger partial charge >= 0.3 is 55.4 Å². The van der Waals surface area contributed by atoms with Crippen molar-refractivity contribution in [2.45, 2.75) is 150 Å². The van der Waals surface area contributed by atoms with Crippen molar-refractivity contribution in [1.29, 1.82) is 0 Å². The van der Waals surface area contributed by atoms with Gasteiger partial charge in [0.25, 0.3) is 0 Å². The number of aliphatic hydroxyl groups excluding tert-OH is 2. The first kappa shape index (κ1) is 44.0. The number of rotatable bonds is 3. The number of halogens is 2. The van der Waals surface area contributed by atoms with Crippen LogP contribution in [0.4, 0.5) is 0 Å². The van der Waals surface area contributed by atoms with E-state index in [0.717, 1.165) is 82.8 Å². The van der Waals surface area contributed by atoms with Gasteiger partial charge in [-0.2, -0.15) is 0 Å². The third-order valence-corrected chi connectivity index (χ3v) is 16.8. The van der Waals surface area contributed by atoms with E-state index in [1.54, 1.807) is 0 Å². The fraction of sp³-hybridized carbons (Fsp3) is 0.878. The second-order valence-electron chi connectivity index (χ2n) is 18.8. The molecule has 0 saturated heterocycles. The Morgan fingerprint density at radius 2 is 1.17 bits per heavy atom. The van der Waals surface area contributed by atoms with Gasteiger partial charge in [-0.15, -0.1) is 0 Å². The average Bonchev–Trinajstić information content (AvgIpc) is 3.57. The first-order chi connectivity index (χ1) is 24.5. The zero-order valence-electron chi connectivity index (χ0n) is 31.3. The van der Waals surface area contributed by atoms with Crippen LogP contribution in [0.3, 0.4) is 0 Å². The fourth-order valence-electron chi connectivity index (χ4n) is 14.0. The van der Waals surface area contributed by atoms with Gasteiger partial charge in [0.15, 0.2) is 0 Å². The molecule has 0 aromatic heterocycles. The first-order valence-corrected chi connectivity index (χ1v) is 28.8. The van der Waals surface area contributed by atoms with Gasteiger partial charge < -0.3 is 20.2 Å². The van der Waals surface area contributed by atoms with Crippen LogP contribution >= 0.6 is 40.0 Å². The monoisotopic (exact) mass is 1000 g/mol. The number of carboxylic acids is 1. The van der Waals surface area contributed by atoms with Crippen molar-refractivity contribution in [3.63, 3.8) is 0 Å². The van der Waals surface area contributed by atoms with Crippen molar-refractivity contribution < 1.29 is 48.8 Å². The number of hydrogen-bond acceptors (Lipinski definition) is 8. The van der Waals surface area contributed by atoms with E-state index in [4.69, 9.17) is 9.94 Å². The van der Waals surface area contributed by atoms with Crippen LogP contribution in [-0.4, -0.2) is 63.2 Å². The van der Waals surface area contributed by atoms with Crippen molar-refractivity contribution in [1.82, 2.24) is 0 Å². The number of oxime groups is 1. The van der Waals surface area contributed by atoms with E-state index < -0.39 is 12.6 Å². The van der Waals surface area contributed by atoms with Gasteiger partial charge in [-0.1, -0.05) is 40.3 Å². The van der Waals surface area contributed by atoms with Crippen LogP contribution in [0.1, 0.15) is 138 Å². The molecule has 299 valence electrons. The predicted molar refractivity (Wildman–Crippen MR) is 217 cm³/mol. The third-order valence-electron chi connectivity index (χ3n) is 16.8. The SMILES string of the molecule is C.C[C@]12CCC3C(C[C@@H](O)[C@H]4CC(=NOCC(=O)O)CC[C@]34C)C1CCC2=O.C[C@]12CCC3C(C[C@@H](O)[C@H]4CC(=O)CC[C@]34C)C1CCC2=O.[I][V][I]. The molecular formula is C41H63I2NO8V. The number of carbonyl (C=O) groups is 4. The molecule has 0 bridgehead atoms. The predicted octanol–water partition coefficient (Wildman–Crippen LogP) is 8.57. The topological polar surface area (TPSA) is 151 Å². The Balaban J connectivity index is 0.000000190. The number of ketones is 3. The second kappa shape index (κ2) is 17.0. The van der Waals surface area contributed by atoms with E-state index in [1.807, 2.05) is 0 Å². The van der Waals surface area contributed by atoms with Crippen LogP contribution in [0.2, 0.25) is 0 Å². The Morgan fingerprint density at radius 3 is 1.64 bits per heavy atom. The molecule has 3 N–H and O–H groups in total. The number of nitrogens with zero attached hydrogens (tertiary/aromatic N) is 1. The normalized spacial score (nSPS) is 47.3. The quantitative estimate of drug-likeness (QED) is 0.188. The molecular weight excluding hydrogens is 939 g/mol. The van der Waals surface area contributed by atoms with E-state index >= 15 is 0 Å². The Labute approximate surface area is 346 Å². The molecule has 8 fully saturated rings. The molecule has 0 aromatic rings. The van der Waals surface area contributed by atoms with Crippen LogP contribution in [0.5, 0.6) is 0 Å². The van der Waals surface area contributed by atoms with Gasteiger partial charge in [0, 0.05) is 36.5 Å². The molecule has 8 aliphatic carbocycles. The minimum atomic E-state index is -1.03. The number of aliphatic hydroxyl groups is 2. The molecule has 14 atom stereocenters. The van der Waals surface area contributed by atoms with E-state index in [-0.39, 0.29) is 53.1 Å². The molecule has 0 radical (unpaired) electrons. The standard InChI is InChI=1S/C21H31NO5.C19H28O3.CH4.2HI.V/c1-20-7-5-12(22-27-11-19(25)26)9-16(20)17(23)10-13-14-3-4-18(24)21(14,2)8-6-15(13)20;1-18-7-5-11(20)9-15(18)16(21)10-12-13-3-4-17(22)19(13,2)8-6-14(12)18;;;;/h13-17,23H,3-11H2,1-2H3,(H,25,26);12-16,21H,3-10H2,1-2H3;1H4;2*1H;/q;;;;;+2/p-2/t13?,14?,15?,16-,17-,20-,21+;12?,13?,14?,15-,16-,18-,19+;;;;/m11..../s1. The average molecular weight is 1000 g/mol. The van der Waals surface area contributed by atoms with E-state index in [2.05, 4.69) is 72.8 Å². The Hall–Kier alpha value is -0.0856. The summed E-state index contributed by atoms with van der Waals surface area (Å²) in [4.78, 5) is 52.3. The minimum absolute atomic E-state index is 0. The molecule has 0 heterocycles. The summed E-state index contributed by atoms with van der Waals surface area (Å²) in [7, 11) is 0.628. The molecule has 8 rings (SSSR count). The van der Waals surface area contributed by atoms with Crippen LogP contribution in [0, 0.1) is 69.0 Å². The van der Waals surface area contributed by atoms with Gasteiger partial charge in [-0.25, -0.2) is 4.79 Å². The molecule has 0 aromatic carbocycles. The summed E-state index contributed by atoms with van der Waals surface area (Å²) < 4.78 is 0. The number of hydrogen-bond donors (Lipinski definition) is 3. The van der Waals surface area contributed by atoms with Crippen molar-refractivity contribution in [2.75, 3.05) is 6.61 Å². The van der Waals surface area contributed by atoms with Crippen molar-refractivity contribution in [2.24, 2.45) is 74.2 Å². The van der Waals surface area contributed by atoms with Gasteiger partial charge in [-0.3, -0.25) is 14.4 Å². The molecule has 0 amide bonds. The number of carboxylic acid groups (broad SMARTS) is 1. The van der Waals surface area contributed by atoms with E-state index in [9.17, 15) is 29.4 Å². The Morgan fingerprint density at radius 1 is 0.717 bits per heavy atom. The molecule has 8 aliphatic rings. The van der Waals surface area contributed by atoms with Crippen LogP contribution in [-0.2, 0) is 33.5 Å². The Kier molecular flexibility index (Phi) is 14.1. The Bertz CT molecular complexity index is 1450. The van der Waals surface area contributed by atoms with Gasteiger partial charge in [0.05, 0.1) is 17.9 Å². The maximum atomic E-state index is 12.5. The first-order valence-electron chi connectivity index (χ1n) is 19.8. The second-order valence-corrected chi connectivity index (χ2v) is 30.5. The zero-order chi connectivity index (χ0) is 37.8. The molecule has 9 nitrogen and oxygen atoms in total. The number of aliphatic carboxylic acids is 1. The van der Waals surface area contributed by atoms with Crippen molar-refractivity contribution >= 4 is 69.0 Å². The maximum absolute atomic E-state index is 12.5. The number of fused-ring (bicyclic) bond motifs is 10. The third kappa shape index (κ3) is 7.90. The summed E-state index contributed by atoms with van der Waals surface area (Å²) in [6.45, 7) is 8.56. The summed E-state index contributed by atoms with van der Waals surface area (Å²) in [6, 6.07) is 0. The molecule has 12 heteroatoms. The van der Waals surface area contributed by atoms with Crippen molar-refractivity contribution in [3.8, 4) is 0 Å². The van der Waals surface area contributed by atoms with Crippen LogP contribution < -0.4 is 0 Å². The van der Waals surface area contributed by atoms with Gasteiger partial charge in [0.1, 0.15) is 17.3 Å². The summed E-state index contributed by atoms with van der Waals surface area (Å²) in [5.41, 5.74) is 0.725. The van der Waals surface area contributed by atoms with E-state index in [1.165, 1.54) is 0 Å². The molecule has 6 unspecified atom stereocenters. The number of Topliss-reactive ketones (excluding diaryl/α,β-unsaturated/α-hetero) is 3. The molecule has 0 aliphatic heterocycles. The van der Waals surface area contributed by atoms with Gasteiger partial charge in [-0.05, 0) is 135 Å². The molecule has 0 spiro atoms. The summed E-state index contributed by atoms with van der Waals surface area (Å²) in [5.74, 6) is 3.43. The molecule has 8 saturated carbocycles.